The number of carbonyl (C=O) groups is 1. The van der Waals surface area contributed by atoms with E-state index in [1.165, 1.54) is 44.2 Å². The number of aliphatic carboxylic acids is 1. The minimum absolute atomic E-state index is 0.0217. The molecular formula is C25H36N4O6. The Labute approximate surface area is 205 Å². The van der Waals surface area contributed by atoms with Crippen LogP contribution < -0.4 is 5.43 Å². The van der Waals surface area contributed by atoms with Gasteiger partial charge in [0.1, 0.15) is 5.69 Å². The maximum absolute atomic E-state index is 11.6. The van der Waals surface area contributed by atoms with Crippen LogP contribution in [0.25, 0.3) is 0 Å². The minimum Gasteiger partial charge on any atom is -0.481 e. The number of nitrogens with one attached hydrogen (secondary N) is 1. The van der Waals surface area contributed by atoms with Crippen molar-refractivity contribution >= 4 is 28.7 Å². The van der Waals surface area contributed by atoms with E-state index in [2.05, 4.69) is 24.4 Å². The second-order valence-corrected chi connectivity index (χ2v) is 10.5. The van der Waals surface area contributed by atoms with Crippen LogP contribution in [0.1, 0.15) is 78.1 Å². The molecule has 0 saturated heterocycles. The van der Waals surface area contributed by atoms with E-state index < -0.39 is 21.5 Å². The zero-order valence-electron chi connectivity index (χ0n) is 20.5. The number of hydrazone groups is 1. The van der Waals surface area contributed by atoms with Crippen molar-refractivity contribution in [2.45, 2.75) is 78.1 Å². The Bertz CT molecular complexity index is 963. The van der Waals surface area contributed by atoms with E-state index >= 15 is 0 Å². The van der Waals surface area contributed by atoms with E-state index in [4.69, 9.17) is 0 Å². The Morgan fingerprint density at radius 1 is 1.20 bits per heavy atom. The molecule has 2 saturated carbocycles. The van der Waals surface area contributed by atoms with Gasteiger partial charge in [0.25, 0.3) is 5.69 Å². The van der Waals surface area contributed by atoms with E-state index in [0.717, 1.165) is 31.0 Å². The highest BCUT2D eigenvalue weighted by Crippen LogP contribution is 2.47. The van der Waals surface area contributed by atoms with Gasteiger partial charge in [0.15, 0.2) is 0 Å². The summed E-state index contributed by atoms with van der Waals surface area (Å²) in [6.07, 6.45) is 9.74. The normalized spacial score (nSPS) is 25.3. The Morgan fingerprint density at radius 3 is 2.63 bits per heavy atom. The molecule has 0 aliphatic heterocycles. The summed E-state index contributed by atoms with van der Waals surface area (Å²) in [6, 6.07) is 3.36. The maximum atomic E-state index is 11.6. The fourth-order valence-electron chi connectivity index (χ4n) is 5.87. The van der Waals surface area contributed by atoms with Crippen molar-refractivity contribution in [2.24, 2.45) is 34.7 Å². The van der Waals surface area contributed by atoms with Gasteiger partial charge in [-0.05, 0) is 49.0 Å². The predicted molar refractivity (Wildman–Crippen MR) is 133 cm³/mol. The number of fused-ring (bicyclic) bond motifs is 1. The molecule has 35 heavy (non-hydrogen) atoms. The summed E-state index contributed by atoms with van der Waals surface area (Å²) in [6.45, 7) is 4.49. The van der Waals surface area contributed by atoms with Gasteiger partial charge in [-0.15, -0.1) is 0 Å². The van der Waals surface area contributed by atoms with Crippen molar-refractivity contribution in [1.82, 2.24) is 0 Å². The number of nitro benzene ring substituents is 2. The van der Waals surface area contributed by atoms with E-state index in [1.807, 2.05) is 0 Å². The number of nitro groups is 2. The van der Waals surface area contributed by atoms with Gasteiger partial charge in [-0.1, -0.05) is 52.4 Å². The lowest BCUT2D eigenvalue weighted by Gasteiger charge is -2.44. The van der Waals surface area contributed by atoms with Crippen LogP contribution in [-0.4, -0.2) is 26.6 Å². The number of hydrogen-bond acceptors (Lipinski definition) is 7. The predicted octanol–water partition coefficient (Wildman–Crippen LogP) is 6.40. The number of benzene rings is 1. The third kappa shape index (κ3) is 7.22. The van der Waals surface area contributed by atoms with Gasteiger partial charge >= 0.3 is 11.7 Å². The van der Waals surface area contributed by atoms with Crippen LogP contribution in [0.2, 0.25) is 0 Å². The molecule has 2 aliphatic carbocycles. The van der Waals surface area contributed by atoms with Gasteiger partial charge in [-0.25, -0.2) is 0 Å². The molecule has 0 unspecified atom stereocenters. The van der Waals surface area contributed by atoms with Gasteiger partial charge in [-0.2, -0.15) is 5.10 Å². The maximum Gasteiger partial charge on any atom is 0.304 e. The fraction of sp³-hybridized carbons (Fsp3) is 0.680. The van der Waals surface area contributed by atoms with Crippen molar-refractivity contribution in [3.63, 3.8) is 0 Å². The molecule has 0 radical (unpaired) electrons. The second-order valence-electron chi connectivity index (χ2n) is 10.5. The van der Waals surface area contributed by atoms with Crippen LogP contribution in [0.4, 0.5) is 17.1 Å². The number of carboxylic acids is 1. The average Bonchev–Trinajstić information content (AvgIpc) is 2.79. The highest BCUT2D eigenvalue weighted by Gasteiger charge is 2.41. The lowest BCUT2D eigenvalue weighted by atomic mass is 9.61. The summed E-state index contributed by atoms with van der Waals surface area (Å²) < 4.78 is 0. The zero-order valence-corrected chi connectivity index (χ0v) is 20.5. The molecule has 0 heterocycles. The Morgan fingerprint density at radius 2 is 1.97 bits per heavy atom. The smallest absolute Gasteiger partial charge is 0.304 e. The Hall–Kier alpha value is -3.04. The lowest BCUT2D eigenvalue weighted by molar-refractivity contribution is -0.393. The van der Waals surface area contributed by atoms with E-state index in [-0.39, 0.29) is 23.7 Å². The molecule has 10 nitrogen and oxygen atoms in total. The second kappa shape index (κ2) is 12.1. The Balaban J connectivity index is 1.76. The van der Waals surface area contributed by atoms with E-state index in [0.29, 0.717) is 30.1 Å². The van der Waals surface area contributed by atoms with Crippen molar-refractivity contribution in [2.75, 3.05) is 5.43 Å². The number of unbranched alkanes of at least 4 members (excludes halogenated alkanes) is 1. The van der Waals surface area contributed by atoms with Gasteiger partial charge < -0.3 is 5.11 Å². The molecule has 0 aromatic heterocycles. The number of rotatable bonds is 11. The lowest BCUT2D eigenvalue weighted by Crippen LogP contribution is -2.39. The molecule has 1 aromatic carbocycles. The first-order chi connectivity index (χ1) is 16.7. The first-order valence-corrected chi connectivity index (χ1v) is 12.6. The van der Waals surface area contributed by atoms with Crippen LogP contribution in [-0.2, 0) is 4.79 Å². The number of nitrogens with zero attached hydrogens (tertiary/aromatic N) is 3. The molecule has 0 amide bonds. The number of anilines is 1. The van der Waals surface area contributed by atoms with Gasteiger partial charge in [0.2, 0.25) is 0 Å². The topological polar surface area (TPSA) is 148 Å². The summed E-state index contributed by atoms with van der Waals surface area (Å²) in [5.74, 6) is 1.14. The van der Waals surface area contributed by atoms with Crippen LogP contribution in [0.5, 0.6) is 0 Å². The molecule has 2 N–H and O–H groups in total. The van der Waals surface area contributed by atoms with Crippen LogP contribution >= 0.6 is 0 Å². The number of hydrogen-bond donors (Lipinski definition) is 2. The largest absolute Gasteiger partial charge is 0.481 e. The van der Waals surface area contributed by atoms with Crippen molar-refractivity contribution in [3.8, 4) is 0 Å². The van der Waals surface area contributed by atoms with Crippen LogP contribution in [0.15, 0.2) is 23.3 Å². The number of carboxylic acid groups (broad SMARTS) is 1. The summed E-state index contributed by atoms with van der Waals surface area (Å²) in [4.78, 5) is 32.7. The molecular weight excluding hydrogens is 452 g/mol. The molecule has 3 rings (SSSR count). The fourth-order valence-corrected chi connectivity index (χ4v) is 5.87. The average molecular weight is 489 g/mol. The first kappa shape index (κ1) is 26.6. The molecule has 2 fully saturated rings. The van der Waals surface area contributed by atoms with E-state index in [9.17, 15) is 30.1 Å². The van der Waals surface area contributed by atoms with Crippen LogP contribution in [0.3, 0.4) is 0 Å². The summed E-state index contributed by atoms with van der Waals surface area (Å²) in [5.41, 5.74) is 2.69. The molecule has 1 aromatic rings. The Kier molecular flexibility index (Phi) is 9.17. The highest BCUT2D eigenvalue weighted by atomic mass is 16.6. The molecule has 4 atom stereocenters. The molecule has 192 valence electrons. The number of non-ortho nitro benzene ring substituents is 1. The first-order valence-electron chi connectivity index (χ1n) is 12.6. The van der Waals surface area contributed by atoms with Crippen LogP contribution in [0, 0.1) is 49.8 Å². The quantitative estimate of drug-likeness (QED) is 0.208. The monoisotopic (exact) mass is 488 g/mol. The summed E-state index contributed by atoms with van der Waals surface area (Å²) in [5, 5.41) is 36.4. The molecule has 0 spiro atoms. The molecule has 10 heteroatoms. The standard InChI is InChI=1S/C25H36N4O6/c1-16(2)6-3-4-7-17-8-5-9-18-13-23(19(12-21(17)18)14-25(30)31)27-26-22-11-10-20(28(32)33)15-24(22)29(34)35/h10-11,15-19,21,26H,3-9,12-14H2,1-2H3,(H,30,31)/b27-23-/t17-,18+,19-,21-/m1/s1. The zero-order chi connectivity index (χ0) is 25.5. The minimum atomic E-state index is -0.883. The third-order valence-electron chi connectivity index (χ3n) is 7.60. The highest BCUT2D eigenvalue weighted by molar-refractivity contribution is 5.91. The van der Waals surface area contributed by atoms with Gasteiger partial charge in [-0.3, -0.25) is 30.4 Å². The third-order valence-corrected chi connectivity index (χ3v) is 7.60. The summed E-state index contributed by atoms with van der Waals surface area (Å²) >= 11 is 0. The van der Waals surface area contributed by atoms with Crippen molar-refractivity contribution in [3.05, 3.63) is 38.4 Å². The summed E-state index contributed by atoms with van der Waals surface area (Å²) in [7, 11) is 0. The molecule has 0 bridgehead atoms. The van der Waals surface area contributed by atoms with Crippen molar-refractivity contribution in [1.29, 1.82) is 0 Å². The van der Waals surface area contributed by atoms with Gasteiger partial charge in [0.05, 0.1) is 22.3 Å². The van der Waals surface area contributed by atoms with Crippen molar-refractivity contribution < 1.29 is 19.7 Å². The SMILES string of the molecule is CC(C)CCCC[C@@H]1CCC[C@H]2C/C(=N/Nc3ccc([N+](=O)[O-])cc3[N+](=O)[O-])[C@@H](CC(=O)O)C[C@H]12. The van der Waals surface area contributed by atoms with Gasteiger partial charge in [0, 0.05) is 17.7 Å². The van der Waals surface area contributed by atoms with E-state index in [1.54, 1.807) is 0 Å². The molecule has 2 aliphatic rings.